The fourth-order valence-electron chi connectivity index (χ4n) is 16.6. The highest BCUT2D eigenvalue weighted by atomic mass is 15.1. The summed E-state index contributed by atoms with van der Waals surface area (Å²) in [6, 6.07) is 146. The molecular weight excluding hydrogens is 1360 g/mol. The van der Waals surface area contributed by atoms with Crippen LogP contribution >= 0.6 is 0 Å². The van der Waals surface area contributed by atoms with E-state index in [1.165, 1.54) is 70.8 Å². The van der Waals surface area contributed by atoms with Crippen LogP contribution in [-0.2, 0) is 0 Å². The maximum atomic E-state index is 5.44. The summed E-state index contributed by atoms with van der Waals surface area (Å²) in [5.74, 6) is 2.97. The smallest absolute Gasteiger partial charge is 0.162 e. The molecule has 8 nitrogen and oxygen atoms in total. The number of fused-ring (bicyclic) bond motifs is 12. The van der Waals surface area contributed by atoms with E-state index in [1.807, 2.05) is 6.07 Å². The highest BCUT2D eigenvalue weighted by Crippen LogP contribution is 2.44. The summed E-state index contributed by atoms with van der Waals surface area (Å²) < 4.78 is 9.42. The van der Waals surface area contributed by atoms with Crippen LogP contribution < -0.4 is 0 Å². The second-order valence-corrected chi connectivity index (χ2v) is 28.5. The molecule has 524 valence electrons. The number of benzene rings is 16. The maximum Gasteiger partial charge on any atom is 0.162 e. The Labute approximate surface area is 646 Å². The average Bonchev–Trinajstić information content (AvgIpc) is 1.56. The monoisotopic (exact) mass is 1430 g/mol. The molecule has 16 aromatic carbocycles. The predicted octanol–water partition coefficient (Wildman–Crippen LogP) is 26.7. The first-order chi connectivity index (χ1) is 55.5. The fourth-order valence-corrected chi connectivity index (χ4v) is 16.6. The van der Waals surface area contributed by atoms with Crippen molar-refractivity contribution in [1.29, 1.82) is 0 Å². The molecule has 0 amide bonds. The van der Waals surface area contributed by atoms with E-state index in [0.717, 1.165) is 118 Å². The topological polar surface area (TPSA) is 71.3 Å². The van der Waals surface area contributed by atoms with Crippen molar-refractivity contribution in [1.82, 2.24) is 38.2 Å². The number of rotatable bonds is 12. The Hall–Kier alpha value is -15.1. The third kappa shape index (κ3) is 11.6. The van der Waals surface area contributed by atoms with Gasteiger partial charge in [-0.1, -0.05) is 309 Å². The van der Waals surface area contributed by atoms with E-state index >= 15 is 0 Å². The van der Waals surface area contributed by atoms with Crippen LogP contribution in [0.25, 0.3) is 200 Å². The Bertz CT molecular complexity index is 7230. The zero-order valence-electron chi connectivity index (χ0n) is 60.8. The molecule has 0 saturated carbocycles. The summed E-state index contributed by atoms with van der Waals surface area (Å²) in [5.41, 5.74) is 26.2. The molecule has 112 heavy (non-hydrogen) atoms. The standard InChI is InChI=1S/2C52H34N4/c1-4-16-35(17-5-1)37-20-14-22-39(30-37)46-33-51(54-52(53-46)40-23-15-21-38(31-40)36-18-6-2-7-19-36)56-48-29-13-11-27-43(48)45-32-44-42-26-10-12-28-47(42)55(49(44)34-50(45)56)41-24-8-3-9-25-41;1-4-15-35(16-5-1)37-27-29-38(30-28-37)46-33-51(54-52(53-46)40-20-14-19-39(31-40)36-17-6-2-7-18-36)56-48-26-13-11-24-43(48)45-32-44-42-23-10-12-25-47(42)55(49(44)34-50(45)56)41-21-8-3-9-22-41/h2*1-34H. The van der Waals surface area contributed by atoms with Crippen LogP contribution in [0.15, 0.2) is 413 Å². The lowest BCUT2D eigenvalue weighted by Crippen LogP contribution is -2.03. The third-order valence-electron chi connectivity index (χ3n) is 21.9. The summed E-state index contributed by atoms with van der Waals surface area (Å²) in [4.78, 5) is 21.5. The predicted molar refractivity (Wildman–Crippen MR) is 465 cm³/mol. The van der Waals surface area contributed by atoms with E-state index in [2.05, 4.69) is 425 Å². The number of nitrogens with zero attached hydrogens (tertiary/aromatic N) is 8. The molecule has 6 heterocycles. The summed E-state index contributed by atoms with van der Waals surface area (Å²) in [5, 5.41) is 9.63. The second-order valence-electron chi connectivity index (χ2n) is 28.5. The van der Waals surface area contributed by atoms with Gasteiger partial charge in [-0.05, 0) is 136 Å². The lowest BCUT2D eigenvalue weighted by molar-refractivity contribution is 1.05. The largest absolute Gasteiger partial charge is 0.309 e. The maximum absolute atomic E-state index is 5.44. The Kier molecular flexibility index (Phi) is 16.1. The van der Waals surface area contributed by atoms with Gasteiger partial charge in [0.25, 0.3) is 0 Å². The van der Waals surface area contributed by atoms with Gasteiger partial charge in [0.05, 0.1) is 55.5 Å². The Morgan fingerprint density at radius 3 is 0.777 bits per heavy atom. The fraction of sp³-hybridized carbons (Fsp3) is 0. The minimum absolute atomic E-state index is 0.672. The Balaban J connectivity index is 0.000000141. The average molecular weight is 1430 g/mol. The lowest BCUT2D eigenvalue weighted by atomic mass is 10.0. The highest BCUT2D eigenvalue weighted by Gasteiger charge is 2.24. The van der Waals surface area contributed by atoms with Crippen LogP contribution in [0.3, 0.4) is 0 Å². The van der Waals surface area contributed by atoms with Crippen LogP contribution in [-0.4, -0.2) is 38.2 Å². The van der Waals surface area contributed by atoms with E-state index in [1.54, 1.807) is 0 Å². The van der Waals surface area contributed by atoms with Crippen molar-refractivity contribution in [3.05, 3.63) is 413 Å². The summed E-state index contributed by atoms with van der Waals surface area (Å²) in [7, 11) is 0. The summed E-state index contributed by atoms with van der Waals surface area (Å²) in [6.07, 6.45) is 0. The Morgan fingerprint density at radius 2 is 0.402 bits per heavy atom. The highest BCUT2D eigenvalue weighted by molar-refractivity contribution is 6.21. The van der Waals surface area contributed by atoms with Crippen molar-refractivity contribution in [3.63, 3.8) is 0 Å². The van der Waals surface area contributed by atoms with Gasteiger partial charge >= 0.3 is 0 Å². The number of para-hydroxylation sites is 6. The summed E-state index contributed by atoms with van der Waals surface area (Å²) in [6.45, 7) is 0. The molecule has 0 aliphatic carbocycles. The molecule has 8 heteroatoms. The second kappa shape index (κ2) is 27.6. The molecular formula is C104H68N8. The summed E-state index contributed by atoms with van der Waals surface area (Å²) >= 11 is 0. The van der Waals surface area contributed by atoms with Crippen LogP contribution in [0.4, 0.5) is 0 Å². The van der Waals surface area contributed by atoms with Crippen molar-refractivity contribution in [2.75, 3.05) is 0 Å². The molecule has 0 aliphatic heterocycles. The van der Waals surface area contributed by atoms with E-state index in [9.17, 15) is 0 Å². The van der Waals surface area contributed by atoms with Gasteiger partial charge in [-0.2, -0.15) is 0 Å². The lowest BCUT2D eigenvalue weighted by Gasteiger charge is -2.14. The quantitative estimate of drug-likeness (QED) is 0.122. The molecule has 0 saturated heterocycles. The molecule has 0 N–H and O–H groups in total. The molecule has 6 aromatic heterocycles. The van der Waals surface area contributed by atoms with Crippen molar-refractivity contribution in [2.45, 2.75) is 0 Å². The van der Waals surface area contributed by atoms with Crippen molar-refractivity contribution < 1.29 is 0 Å². The molecule has 22 rings (SSSR count). The van der Waals surface area contributed by atoms with E-state index in [-0.39, 0.29) is 0 Å². The van der Waals surface area contributed by atoms with Gasteiger partial charge < -0.3 is 9.13 Å². The van der Waals surface area contributed by atoms with Crippen LogP contribution in [0.5, 0.6) is 0 Å². The molecule has 0 fully saturated rings. The number of hydrogen-bond donors (Lipinski definition) is 0. The van der Waals surface area contributed by atoms with Crippen LogP contribution in [0.1, 0.15) is 0 Å². The number of aromatic nitrogens is 8. The molecule has 0 spiro atoms. The molecule has 22 aromatic rings. The van der Waals surface area contributed by atoms with E-state index in [0.29, 0.717) is 11.6 Å². The molecule has 0 unspecified atom stereocenters. The molecule has 0 aliphatic rings. The Morgan fingerprint density at radius 1 is 0.143 bits per heavy atom. The first-order valence-electron chi connectivity index (χ1n) is 38.0. The van der Waals surface area contributed by atoms with Gasteiger partial charge in [0.15, 0.2) is 11.6 Å². The van der Waals surface area contributed by atoms with Crippen molar-refractivity contribution in [2.24, 2.45) is 0 Å². The van der Waals surface area contributed by atoms with E-state index in [4.69, 9.17) is 19.9 Å². The SMILES string of the molecule is c1ccc(-c2ccc(-c3cc(-n4c5ccccc5c5cc6c7ccccc7n(-c7ccccc7)c6cc54)nc(-c4cccc(-c5ccccc5)c4)n3)cc2)cc1.c1ccc(-c2cccc(-c3cc(-n4c5ccccc5c5cc6c7ccccc7n(-c7ccccc7)c6cc54)nc(-c4cccc(-c5ccccc5)c4)n3)c2)cc1. The van der Waals surface area contributed by atoms with Gasteiger partial charge in [-0.25, -0.2) is 19.9 Å². The normalized spacial score (nSPS) is 11.6. The van der Waals surface area contributed by atoms with Gasteiger partial charge in [-0.3, -0.25) is 9.13 Å². The zero-order valence-corrected chi connectivity index (χ0v) is 60.8. The zero-order chi connectivity index (χ0) is 74.0. The molecule has 0 radical (unpaired) electrons. The van der Waals surface area contributed by atoms with Gasteiger partial charge in [0, 0.05) is 88.9 Å². The molecule has 0 bridgehead atoms. The van der Waals surface area contributed by atoms with Crippen LogP contribution in [0.2, 0.25) is 0 Å². The minimum Gasteiger partial charge on any atom is -0.309 e. The first kappa shape index (κ1) is 65.2. The first-order valence-corrected chi connectivity index (χ1v) is 38.0. The molecule has 0 atom stereocenters. The van der Waals surface area contributed by atoms with Crippen molar-refractivity contribution >= 4 is 87.2 Å². The van der Waals surface area contributed by atoms with E-state index < -0.39 is 0 Å². The minimum atomic E-state index is 0.672. The number of hydrogen-bond acceptors (Lipinski definition) is 4. The van der Waals surface area contributed by atoms with Crippen LogP contribution in [0, 0.1) is 0 Å². The van der Waals surface area contributed by atoms with Gasteiger partial charge in [0.2, 0.25) is 0 Å². The third-order valence-corrected chi connectivity index (χ3v) is 21.9. The van der Waals surface area contributed by atoms with Gasteiger partial charge in [-0.15, -0.1) is 0 Å². The van der Waals surface area contributed by atoms with Gasteiger partial charge in [0.1, 0.15) is 11.6 Å². The van der Waals surface area contributed by atoms with Crippen molar-refractivity contribution in [3.8, 4) is 113 Å².